The Morgan fingerprint density at radius 1 is 1.38 bits per heavy atom. The zero-order chi connectivity index (χ0) is 11.5. The molecular weight excluding hydrogens is 216 g/mol. The van der Waals surface area contributed by atoms with Crippen LogP contribution in [0.1, 0.15) is 11.6 Å². The third-order valence-corrected chi connectivity index (χ3v) is 2.56. The summed E-state index contributed by atoms with van der Waals surface area (Å²) in [7, 11) is 1.37. The quantitative estimate of drug-likeness (QED) is 0.836. The maximum atomic E-state index is 13.7. The molecule has 88 valence electrons. The second-order valence-electron chi connectivity index (χ2n) is 3.59. The average Bonchev–Trinajstić information content (AvgIpc) is 2.29. The van der Waals surface area contributed by atoms with E-state index in [0.717, 1.165) is 0 Å². The standard InChI is InChI=1S/C11H13F2NO2/c1-15-7-4-8(12)11(9(13)5-7)10-6-16-3-2-14-10/h4-5,10,14H,2-3,6H2,1H3/t10-/m1/s1. The van der Waals surface area contributed by atoms with Crippen LogP contribution in [-0.4, -0.2) is 26.9 Å². The maximum Gasteiger partial charge on any atom is 0.134 e. The van der Waals surface area contributed by atoms with Gasteiger partial charge in [-0.25, -0.2) is 8.78 Å². The van der Waals surface area contributed by atoms with Crippen LogP contribution in [0, 0.1) is 11.6 Å². The van der Waals surface area contributed by atoms with E-state index in [4.69, 9.17) is 9.47 Å². The highest BCUT2D eigenvalue weighted by atomic mass is 19.1. The Hall–Kier alpha value is -1.20. The fraction of sp³-hybridized carbons (Fsp3) is 0.455. The Bertz CT molecular complexity index is 355. The van der Waals surface area contributed by atoms with Crippen LogP contribution in [0.4, 0.5) is 8.78 Å². The van der Waals surface area contributed by atoms with Gasteiger partial charge in [0, 0.05) is 24.2 Å². The van der Waals surface area contributed by atoms with E-state index in [1.807, 2.05) is 0 Å². The average molecular weight is 229 g/mol. The normalized spacial score (nSPS) is 20.8. The number of methoxy groups -OCH3 is 1. The molecular formula is C11H13F2NO2. The first-order valence-electron chi connectivity index (χ1n) is 5.06. The van der Waals surface area contributed by atoms with Crippen LogP contribution < -0.4 is 10.1 Å². The monoisotopic (exact) mass is 229 g/mol. The van der Waals surface area contributed by atoms with Gasteiger partial charge in [-0.1, -0.05) is 0 Å². The fourth-order valence-electron chi connectivity index (χ4n) is 1.76. The predicted molar refractivity (Wildman–Crippen MR) is 54.5 cm³/mol. The summed E-state index contributed by atoms with van der Waals surface area (Å²) in [6, 6.07) is 1.92. The number of rotatable bonds is 2. The van der Waals surface area contributed by atoms with Crippen LogP contribution in [0.2, 0.25) is 0 Å². The summed E-state index contributed by atoms with van der Waals surface area (Å²) in [5.74, 6) is -1.05. The van der Waals surface area contributed by atoms with Crippen molar-refractivity contribution < 1.29 is 18.3 Å². The molecule has 1 aliphatic heterocycles. The molecule has 0 saturated carbocycles. The number of benzene rings is 1. The molecule has 0 aromatic heterocycles. The maximum absolute atomic E-state index is 13.7. The largest absolute Gasteiger partial charge is 0.497 e. The van der Waals surface area contributed by atoms with Gasteiger partial charge >= 0.3 is 0 Å². The molecule has 1 aromatic rings. The van der Waals surface area contributed by atoms with E-state index in [-0.39, 0.29) is 17.9 Å². The summed E-state index contributed by atoms with van der Waals surface area (Å²) in [6.45, 7) is 1.44. The van der Waals surface area contributed by atoms with Crippen molar-refractivity contribution in [2.24, 2.45) is 0 Å². The molecule has 1 fully saturated rings. The fourth-order valence-corrected chi connectivity index (χ4v) is 1.76. The molecule has 1 atom stereocenters. The zero-order valence-corrected chi connectivity index (χ0v) is 8.93. The third kappa shape index (κ3) is 2.15. The van der Waals surface area contributed by atoms with Crippen LogP contribution >= 0.6 is 0 Å². The van der Waals surface area contributed by atoms with Gasteiger partial charge in [0.05, 0.1) is 26.4 Å². The molecule has 1 aliphatic rings. The molecule has 1 saturated heterocycles. The van der Waals surface area contributed by atoms with E-state index in [1.54, 1.807) is 0 Å². The minimum absolute atomic E-state index is 0.0144. The topological polar surface area (TPSA) is 30.5 Å². The van der Waals surface area contributed by atoms with Crippen LogP contribution in [0.5, 0.6) is 5.75 Å². The first kappa shape index (κ1) is 11.3. The van der Waals surface area contributed by atoms with Gasteiger partial charge in [-0.3, -0.25) is 0 Å². The van der Waals surface area contributed by atoms with Gasteiger partial charge < -0.3 is 14.8 Å². The van der Waals surface area contributed by atoms with Crippen molar-refractivity contribution in [1.82, 2.24) is 5.32 Å². The third-order valence-electron chi connectivity index (χ3n) is 2.56. The number of ether oxygens (including phenoxy) is 2. The highest BCUT2D eigenvalue weighted by molar-refractivity contribution is 5.32. The summed E-state index contributed by atoms with van der Waals surface area (Å²) in [5.41, 5.74) is 0.0144. The lowest BCUT2D eigenvalue weighted by Crippen LogP contribution is -2.35. The second kappa shape index (κ2) is 4.76. The molecule has 1 N–H and O–H groups in total. The van der Waals surface area contributed by atoms with E-state index in [1.165, 1.54) is 19.2 Å². The van der Waals surface area contributed by atoms with Crippen LogP contribution in [0.15, 0.2) is 12.1 Å². The van der Waals surface area contributed by atoms with Gasteiger partial charge in [0.2, 0.25) is 0 Å². The molecule has 16 heavy (non-hydrogen) atoms. The molecule has 0 radical (unpaired) electrons. The summed E-state index contributed by atoms with van der Waals surface area (Å²) in [5, 5.41) is 3.01. The van der Waals surface area contributed by atoms with Crippen LogP contribution in [0.3, 0.4) is 0 Å². The van der Waals surface area contributed by atoms with Crippen molar-refractivity contribution in [2.75, 3.05) is 26.9 Å². The van der Waals surface area contributed by atoms with Crippen molar-refractivity contribution >= 4 is 0 Å². The van der Waals surface area contributed by atoms with Crippen LogP contribution in [-0.2, 0) is 4.74 Å². The lowest BCUT2D eigenvalue weighted by molar-refractivity contribution is 0.0745. The molecule has 3 nitrogen and oxygen atoms in total. The lowest BCUT2D eigenvalue weighted by atomic mass is 10.0. The minimum Gasteiger partial charge on any atom is -0.497 e. The van der Waals surface area contributed by atoms with E-state index in [2.05, 4.69) is 5.32 Å². The number of halogens is 2. The first-order chi connectivity index (χ1) is 7.72. The predicted octanol–water partition coefficient (Wildman–Crippen LogP) is 1.63. The molecule has 0 bridgehead atoms. The molecule has 5 heteroatoms. The number of hydrogen-bond acceptors (Lipinski definition) is 3. The zero-order valence-electron chi connectivity index (χ0n) is 8.93. The molecule has 2 rings (SSSR count). The lowest BCUT2D eigenvalue weighted by Gasteiger charge is -2.25. The number of hydrogen-bond donors (Lipinski definition) is 1. The molecule has 0 amide bonds. The van der Waals surface area contributed by atoms with Crippen molar-refractivity contribution in [1.29, 1.82) is 0 Å². The molecule has 0 aliphatic carbocycles. The Labute approximate surface area is 92.4 Å². The van der Waals surface area contributed by atoms with E-state index in [0.29, 0.717) is 13.2 Å². The molecule has 0 unspecified atom stereocenters. The smallest absolute Gasteiger partial charge is 0.134 e. The van der Waals surface area contributed by atoms with Crippen molar-refractivity contribution in [3.05, 3.63) is 29.3 Å². The Morgan fingerprint density at radius 3 is 2.56 bits per heavy atom. The minimum atomic E-state index is -0.611. The van der Waals surface area contributed by atoms with Crippen molar-refractivity contribution in [3.8, 4) is 5.75 Å². The highest BCUT2D eigenvalue weighted by Crippen LogP contribution is 2.26. The van der Waals surface area contributed by atoms with Gasteiger partial charge in [0.1, 0.15) is 17.4 Å². The van der Waals surface area contributed by atoms with Crippen molar-refractivity contribution in [3.63, 3.8) is 0 Å². The first-order valence-corrected chi connectivity index (χ1v) is 5.06. The molecule has 1 heterocycles. The highest BCUT2D eigenvalue weighted by Gasteiger charge is 2.23. The van der Waals surface area contributed by atoms with E-state index < -0.39 is 17.7 Å². The van der Waals surface area contributed by atoms with Crippen LogP contribution in [0.25, 0.3) is 0 Å². The number of nitrogens with one attached hydrogen (secondary N) is 1. The van der Waals surface area contributed by atoms with Crippen molar-refractivity contribution in [2.45, 2.75) is 6.04 Å². The Kier molecular flexibility index (Phi) is 3.36. The Morgan fingerprint density at radius 2 is 2.06 bits per heavy atom. The van der Waals surface area contributed by atoms with E-state index >= 15 is 0 Å². The van der Waals surface area contributed by atoms with E-state index in [9.17, 15) is 8.78 Å². The summed E-state index contributed by atoms with van der Waals surface area (Å²) >= 11 is 0. The number of morpholine rings is 1. The van der Waals surface area contributed by atoms with Gasteiger partial charge in [-0.15, -0.1) is 0 Å². The summed E-state index contributed by atoms with van der Waals surface area (Å²) < 4.78 is 37.3. The Balaban J connectivity index is 2.32. The van der Waals surface area contributed by atoms with Gasteiger partial charge in [-0.2, -0.15) is 0 Å². The molecule has 0 spiro atoms. The second-order valence-corrected chi connectivity index (χ2v) is 3.59. The van der Waals surface area contributed by atoms with Gasteiger partial charge in [0.15, 0.2) is 0 Å². The SMILES string of the molecule is COc1cc(F)c([C@H]2COCCN2)c(F)c1. The van der Waals surface area contributed by atoms with Gasteiger partial charge in [-0.05, 0) is 0 Å². The van der Waals surface area contributed by atoms with Gasteiger partial charge in [0.25, 0.3) is 0 Å². The summed E-state index contributed by atoms with van der Waals surface area (Å²) in [4.78, 5) is 0. The molecule has 1 aromatic carbocycles. The summed E-state index contributed by atoms with van der Waals surface area (Å²) in [6.07, 6.45) is 0.